The van der Waals surface area contributed by atoms with Crippen molar-refractivity contribution in [2.24, 2.45) is 0 Å². The van der Waals surface area contributed by atoms with Crippen molar-refractivity contribution in [1.82, 2.24) is 9.97 Å². The van der Waals surface area contributed by atoms with Gasteiger partial charge >= 0.3 is 0 Å². The number of hydrogen-bond donors (Lipinski definition) is 0. The molecule has 4 aromatic carbocycles. The first-order valence-corrected chi connectivity index (χ1v) is 15.2. The molecule has 0 aliphatic carbocycles. The first-order valence-electron chi connectivity index (χ1n) is 15.2. The lowest BCUT2D eigenvalue weighted by atomic mass is 9.73. The molecule has 0 unspecified atom stereocenters. The number of benzene rings is 4. The van der Waals surface area contributed by atoms with E-state index in [0.29, 0.717) is 0 Å². The van der Waals surface area contributed by atoms with Crippen molar-refractivity contribution in [1.29, 1.82) is 0 Å². The molecule has 0 amide bonds. The van der Waals surface area contributed by atoms with Gasteiger partial charge in [0.15, 0.2) is 0 Å². The molecule has 4 heterocycles. The van der Waals surface area contributed by atoms with Gasteiger partial charge in [-0.25, -0.2) is 0 Å². The standard InChI is InChI=1S/C40H34N4/c1-39(2)31-13-5-9-17-35(31)43(36-18-10-6-14-32(36)39)29-21-27(23-41-25-29)28-22-30(26-42-24-28)44-37-19-11-7-15-33(37)40(3,4)34-16-8-12-20-38(34)44/h5-26H,1-4H3. The van der Waals surface area contributed by atoms with Crippen LogP contribution in [0, 0.1) is 0 Å². The maximum Gasteiger partial charge on any atom is 0.0651 e. The third-order valence-electron chi connectivity index (χ3n) is 9.57. The second-order valence-corrected chi connectivity index (χ2v) is 12.9. The first kappa shape index (κ1) is 26.4. The van der Waals surface area contributed by atoms with Gasteiger partial charge in [0.1, 0.15) is 0 Å². The number of rotatable bonds is 3. The Morgan fingerprint density at radius 3 is 1.02 bits per heavy atom. The maximum atomic E-state index is 4.77. The van der Waals surface area contributed by atoms with Crippen molar-refractivity contribution in [2.75, 3.05) is 9.80 Å². The number of aromatic nitrogens is 2. The predicted molar refractivity (Wildman–Crippen MR) is 181 cm³/mol. The van der Waals surface area contributed by atoms with E-state index in [0.717, 1.165) is 22.5 Å². The average molecular weight is 571 g/mol. The number of hydrogen-bond acceptors (Lipinski definition) is 4. The molecule has 6 aromatic rings. The molecule has 0 N–H and O–H groups in total. The molecule has 0 radical (unpaired) electrons. The third kappa shape index (κ3) is 3.84. The minimum atomic E-state index is -0.109. The molecule has 2 aromatic heterocycles. The van der Waals surface area contributed by atoms with Crippen LogP contribution < -0.4 is 9.80 Å². The van der Waals surface area contributed by atoms with Gasteiger partial charge in [0.25, 0.3) is 0 Å². The van der Waals surface area contributed by atoms with E-state index in [4.69, 9.17) is 9.97 Å². The van der Waals surface area contributed by atoms with Crippen molar-refractivity contribution >= 4 is 34.1 Å². The summed E-state index contributed by atoms with van der Waals surface area (Å²) in [6, 6.07) is 39.4. The lowest BCUT2D eigenvalue weighted by Crippen LogP contribution is -2.30. The van der Waals surface area contributed by atoms with Crippen molar-refractivity contribution in [3.63, 3.8) is 0 Å². The number of anilines is 6. The summed E-state index contributed by atoms with van der Waals surface area (Å²) in [7, 11) is 0. The zero-order chi connectivity index (χ0) is 30.1. The van der Waals surface area contributed by atoms with Gasteiger partial charge in [-0.3, -0.25) is 9.97 Å². The molecule has 44 heavy (non-hydrogen) atoms. The highest BCUT2D eigenvalue weighted by atomic mass is 15.2. The molecule has 4 heteroatoms. The summed E-state index contributed by atoms with van der Waals surface area (Å²) in [5.74, 6) is 0. The summed E-state index contributed by atoms with van der Waals surface area (Å²) in [5.41, 5.74) is 13.8. The molecular weight excluding hydrogens is 536 g/mol. The van der Waals surface area contributed by atoms with Crippen LogP contribution in [0.25, 0.3) is 11.1 Å². The lowest BCUT2D eigenvalue weighted by molar-refractivity contribution is 0.631. The number of para-hydroxylation sites is 4. The van der Waals surface area contributed by atoms with Crippen LogP contribution in [0.1, 0.15) is 49.9 Å². The van der Waals surface area contributed by atoms with Crippen molar-refractivity contribution in [2.45, 2.75) is 38.5 Å². The lowest BCUT2D eigenvalue weighted by Gasteiger charge is -2.42. The van der Waals surface area contributed by atoms with Crippen LogP contribution in [0.15, 0.2) is 134 Å². The highest BCUT2D eigenvalue weighted by Gasteiger charge is 2.38. The largest absolute Gasteiger partial charge is 0.308 e. The fourth-order valence-electron chi connectivity index (χ4n) is 7.31. The minimum absolute atomic E-state index is 0.109. The Kier molecular flexibility index (Phi) is 5.79. The monoisotopic (exact) mass is 570 g/mol. The smallest absolute Gasteiger partial charge is 0.0651 e. The van der Waals surface area contributed by atoms with Crippen LogP contribution >= 0.6 is 0 Å². The van der Waals surface area contributed by atoms with E-state index in [1.807, 2.05) is 24.8 Å². The summed E-state index contributed by atoms with van der Waals surface area (Å²) in [5, 5.41) is 0. The van der Waals surface area contributed by atoms with Gasteiger partial charge in [-0.15, -0.1) is 0 Å². The Hall–Kier alpha value is -5.22. The molecule has 8 rings (SSSR count). The Balaban J connectivity index is 1.26. The molecule has 4 nitrogen and oxygen atoms in total. The van der Waals surface area contributed by atoms with Crippen LogP contribution in [0.2, 0.25) is 0 Å². The van der Waals surface area contributed by atoms with E-state index >= 15 is 0 Å². The van der Waals surface area contributed by atoms with Crippen LogP contribution in [0.5, 0.6) is 0 Å². The Morgan fingerprint density at radius 1 is 0.409 bits per heavy atom. The van der Waals surface area contributed by atoms with E-state index in [1.54, 1.807) is 0 Å². The zero-order valence-corrected chi connectivity index (χ0v) is 25.5. The van der Waals surface area contributed by atoms with E-state index in [1.165, 1.54) is 45.0 Å². The molecule has 0 fully saturated rings. The van der Waals surface area contributed by atoms with Gasteiger partial charge < -0.3 is 9.80 Å². The number of fused-ring (bicyclic) bond motifs is 4. The summed E-state index contributed by atoms with van der Waals surface area (Å²) < 4.78 is 0. The van der Waals surface area contributed by atoms with Gasteiger partial charge in [0, 0.05) is 34.4 Å². The van der Waals surface area contributed by atoms with E-state index < -0.39 is 0 Å². The Morgan fingerprint density at radius 2 is 0.705 bits per heavy atom. The second kappa shape index (κ2) is 9.65. The quantitative estimate of drug-likeness (QED) is 0.212. The Labute approximate surface area is 259 Å². The van der Waals surface area contributed by atoms with Gasteiger partial charge in [0.2, 0.25) is 0 Å². The molecular formula is C40H34N4. The zero-order valence-electron chi connectivity index (χ0n) is 25.5. The van der Waals surface area contributed by atoms with Crippen LogP contribution in [0.4, 0.5) is 34.1 Å². The minimum Gasteiger partial charge on any atom is -0.308 e. The van der Waals surface area contributed by atoms with Gasteiger partial charge in [0.05, 0.1) is 46.5 Å². The number of pyridine rings is 2. The van der Waals surface area contributed by atoms with Crippen molar-refractivity contribution in [3.8, 4) is 11.1 Å². The van der Waals surface area contributed by atoms with E-state index in [-0.39, 0.29) is 10.8 Å². The molecule has 0 spiro atoms. The SMILES string of the molecule is CC1(C)c2ccccc2N(c2cncc(-c3cncc(N4c5ccccc5C(C)(C)c5ccccc54)c3)c2)c2ccccc21. The van der Waals surface area contributed by atoms with E-state index in [9.17, 15) is 0 Å². The summed E-state index contributed by atoms with van der Waals surface area (Å²) in [6.07, 6.45) is 7.81. The molecule has 0 saturated carbocycles. The normalized spacial score (nSPS) is 15.5. The summed E-state index contributed by atoms with van der Waals surface area (Å²) in [4.78, 5) is 14.2. The topological polar surface area (TPSA) is 32.3 Å². The molecule has 0 atom stereocenters. The van der Waals surface area contributed by atoms with Crippen LogP contribution in [-0.4, -0.2) is 9.97 Å². The van der Waals surface area contributed by atoms with Crippen molar-refractivity contribution < 1.29 is 0 Å². The Bertz CT molecular complexity index is 1810. The van der Waals surface area contributed by atoms with Crippen molar-refractivity contribution in [3.05, 3.63) is 156 Å². The van der Waals surface area contributed by atoms with E-state index in [2.05, 4.69) is 147 Å². The second-order valence-electron chi connectivity index (χ2n) is 12.9. The third-order valence-corrected chi connectivity index (χ3v) is 9.57. The summed E-state index contributed by atoms with van der Waals surface area (Å²) >= 11 is 0. The number of nitrogens with zero attached hydrogens (tertiary/aromatic N) is 4. The highest BCUT2D eigenvalue weighted by Crippen LogP contribution is 2.53. The van der Waals surface area contributed by atoms with Gasteiger partial charge in [-0.2, -0.15) is 0 Å². The first-order chi connectivity index (χ1) is 21.4. The van der Waals surface area contributed by atoms with Gasteiger partial charge in [-0.05, 0) is 58.7 Å². The van der Waals surface area contributed by atoms with Gasteiger partial charge in [-0.1, -0.05) is 100 Å². The summed E-state index contributed by atoms with van der Waals surface area (Å²) in [6.45, 7) is 9.25. The average Bonchev–Trinajstić information content (AvgIpc) is 3.06. The molecule has 0 bridgehead atoms. The van der Waals surface area contributed by atoms with Crippen LogP contribution in [-0.2, 0) is 10.8 Å². The fraction of sp³-hybridized carbons (Fsp3) is 0.150. The molecule has 2 aliphatic rings. The fourth-order valence-corrected chi connectivity index (χ4v) is 7.31. The molecule has 0 saturated heterocycles. The molecule has 2 aliphatic heterocycles. The predicted octanol–water partition coefficient (Wildman–Crippen LogP) is 10.4. The highest BCUT2D eigenvalue weighted by molar-refractivity contribution is 5.89. The van der Waals surface area contributed by atoms with Crippen LogP contribution in [0.3, 0.4) is 0 Å². The molecule has 214 valence electrons. The maximum absolute atomic E-state index is 4.77.